The zero-order chi connectivity index (χ0) is 15.0. The number of allylic oxidation sites excluding steroid dienone is 2. The van der Waals surface area contributed by atoms with E-state index in [-0.39, 0.29) is 21.4 Å². The van der Waals surface area contributed by atoms with Crippen molar-refractivity contribution in [1.82, 2.24) is 4.98 Å². The fourth-order valence-corrected chi connectivity index (χ4v) is 2.66. The van der Waals surface area contributed by atoms with Crippen molar-refractivity contribution < 1.29 is 18.8 Å². The van der Waals surface area contributed by atoms with Crippen LogP contribution in [0.2, 0.25) is 0 Å². The van der Waals surface area contributed by atoms with Gasteiger partial charge in [-0.2, -0.15) is 0 Å². The maximum Gasteiger partial charge on any atom is 0.284 e. The summed E-state index contributed by atoms with van der Waals surface area (Å²) in [4.78, 5) is 39.3. The average molecular weight is 302 g/mol. The summed E-state index contributed by atoms with van der Waals surface area (Å²) < 4.78 is 12.8. The normalized spacial score (nSPS) is 13.2. The van der Waals surface area contributed by atoms with Crippen LogP contribution in [0.4, 0.5) is 10.1 Å². The number of hydrogen-bond acceptors (Lipinski definition) is 5. The summed E-state index contributed by atoms with van der Waals surface area (Å²) in [6, 6.07) is 5.22. The molecular weight excluding hydrogens is 295 g/mol. The quantitative estimate of drug-likeness (QED) is 0.924. The number of aromatic nitrogens is 1. The summed E-state index contributed by atoms with van der Waals surface area (Å²) in [6.45, 7) is 0. The maximum atomic E-state index is 12.8. The molecule has 0 bridgehead atoms. The van der Waals surface area contributed by atoms with Crippen molar-refractivity contribution in [3.63, 3.8) is 0 Å². The molecule has 0 fully saturated rings. The Morgan fingerprint density at radius 2 is 1.76 bits per heavy atom. The van der Waals surface area contributed by atoms with Crippen molar-refractivity contribution in [1.29, 1.82) is 0 Å². The highest BCUT2D eigenvalue weighted by Crippen LogP contribution is 2.24. The van der Waals surface area contributed by atoms with Gasteiger partial charge in [0.15, 0.2) is 10.8 Å². The summed E-state index contributed by atoms with van der Waals surface area (Å²) in [5, 5.41) is 2.53. The number of anilines is 1. The lowest BCUT2D eigenvalue weighted by Crippen LogP contribution is -2.12. The van der Waals surface area contributed by atoms with E-state index in [9.17, 15) is 18.8 Å². The van der Waals surface area contributed by atoms with E-state index in [1.807, 2.05) is 0 Å². The number of rotatable bonds is 2. The number of carbonyl (C=O) groups is 3. The van der Waals surface area contributed by atoms with Gasteiger partial charge in [0, 0.05) is 5.69 Å². The second-order valence-corrected chi connectivity index (χ2v) is 5.22. The molecule has 2 aromatic rings. The van der Waals surface area contributed by atoms with Crippen LogP contribution >= 0.6 is 11.3 Å². The third-order valence-electron chi connectivity index (χ3n) is 2.77. The standard InChI is InChI=1S/C14H7FN2O3S/c15-7-1-3-8(4-2-7)16-13(20)14-17-11-9(18)5-6-10(19)12(11)21-14/h1-6H,(H,16,20). The van der Waals surface area contributed by atoms with Crippen molar-refractivity contribution in [2.24, 2.45) is 0 Å². The summed E-state index contributed by atoms with van der Waals surface area (Å²) in [5.74, 6) is -1.72. The minimum absolute atomic E-state index is 0.00300. The van der Waals surface area contributed by atoms with Gasteiger partial charge in [0.25, 0.3) is 5.91 Å². The Hall–Kier alpha value is -2.67. The zero-order valence-electron chi connectivity index (χ0n) is 10.4. The molecule has 1 aromatic carbocycles. The van der Waals surface area contributed by atoms with Crippen LogP contribution in [0.1, 0.15) is 30.0 Å². The molecular formula is C14H7FN2O3S. The molecule has 0 saturated heterocycles. The number of carbonyl (C=O) groups excluding carboxylic acids is 3. The van der Waals surface area contributed by atoms with Crippen LogP contribution in [0.3, 0.4) is 0 Å². The van der Waals surface area contributed by atoms with Crippen molar-refractivity contribution in [2.45, 2.75) is 0 Å². The van der Waals surface area contributed by atoms with Crippen molar-refractivity contribution in [3.05, 3.63) is 57.8 Å². The van der Waals surface area contributed by atoms with E-state index in [0.717, 1.165) is 23.5 Å². The highest BCUT2D eigenvalue weighted by molar-refractivity contribution is 7.16. The number of halogens is 1. The zero-order valence-corrected chi connectivity index (χ0v) is 11.2. The largest absolute Gasteiger partial charge is 0.320 e. The first-order valence-corrected chi connectivity index (χ1v) is 6.71. The van der Waals surface area contributed by atoms with Crippen LogP contribution in [-0.2, 0) is 0 Å². The molecule has 1 aliphatic rings. The third-order valence-corrected chi connectivity index (χ3v) is 3.84. The molecule has 1 aromatic heterocycles. The van der Waals surface area contributed by atoms with Gasteiger partial charge in [0.2, 0.25) is 5.78 Å². The van der Waals surface area contributed by atoms with E-state index in [2.05, 4.69) is 10.3 Å². The summed E-state index contributed by atoms with van der Waals surface area (Å²) in [6.07, 6.45) is 2.29. The smallest absolute Gasteiger partial charge is 0.284 e. The number of fused-ring (bicyclic) bond motifs is 1. The number of hydrogen-bond donors (Lipinski definition) is 1. The number of benzene rings is 1. The van der Waals surface area contributed by atoms with Gasteiger partial charge >= 0.3 is 0 Å². The van der Waals surface area contributed by atoms with E-state index in [4.69, 9.17) is 0 Å². The van der Waals surface area contributed by atoms with Crippen molar-refractivity contribution in [3.8, 4) is 0 Å². The molecule has 0 radical (unpaired) electrons. The number of thiazole rings is 1. The van der Waals surface area contributed by atoms with Gasteiger partial charge in [0.05, 0.1) is 0 Å². The highest BCUT2D eigenvalue weighted by Gasteiger charge is 2.26. The minimum atomic E-state index is -0.554. The Morgan fingerprint density at radius 3 is 2.43 bits per heavy atom. The van der Waals surface area contributed by atoms with E-state index in [0.29, 0.717) is 5.69 Å². The fraction of sp³-hybridized carbons (Fsp3) is 0. The van der Waals surface area contributed by atoms with Gasteiger partial charge in [-0.25, -0.2) is 9.37 Å². The molecule has 0 aliphatic heterocycles. The predicted molar refractivity (Wildman–Crippen MR) is 74.3 cm³/mol. The SMILES string of the molecule is O=C(Nc1ccc(F)cc1)c1nc2c(s1)C(=O)C=CC2=O. The second-order valence-electron chi connectivity index (χ2n) is 4.22. The van der Waals surface area contributed by atoms with Crippen molar-refractivity contribution in [2.75, 3.05) is 5.32 Å². The van der Waals surface area contributed by atoms with Crippen LogP contribution < -0.4 is 5.32 Å². The predicted octanol–water partition coefficient (Wildman–Crippen LogP) is 2.47. The first-order valence-electron chi connectivity index (χ1n) is 5.89. The summed E-state index contributed by atoms with van der Waals surface area (Å²) in [5.41, 5.74) is 0.391. The topological polar surface area (TPSA) is 76.1 Å². The molecule has 0 unspecified atom stereocenters. The molecule has 0 spiro atoms. The maximum absolute atomic E-state index is 12.8. The lowest BCUT2D eigenvalue weighted by atomic mass is 10.1. The molecule has 5 nitrogen and oxygen atoms in total. The lowest BCUT2D eigenvalue weighted by molar-refractivity contribution is 0.0993. The minimum Gasteiger partial charge on any atom is -0.320 e. The van der Waals surface area contributed by atoms with E-state index in [1.165, 1.54) is 24.3 Å². The Kier molecular flexibility index (Phi) is 3.19. The van der Waals surface area contributed by atoms with E-state index in [1.54, 1.807) is 0 Å². The molecule has 104 valence electrons. The molecule has 21 heavy (non-hydrogen) atoms. The van der Waals surface area contributed by atoms with Gasteiger partial charge in [0.1, 0.15) is 16.4 Å². The molecule has 1 heterocycles. The molecule has 1 N–H and O–H groups in total. The van der Waals surface area contributed by atoms with Gasteiger partial charge in [-0.05, 0) is 36.4 Å². The number of ketones is 2. The number of nitrogens with one attached hydrogen (secondary N) is 1. The fourth-order valence-electron chi connectivity index (χ4n) is 1.78. The van der Waals surface area contributed by atoms with Gasteiger partial charge < -0.3 is 5.32 Å². The highest BCUT2D eigenvalue weighted by atomic mass is 32.1. The Morgan fingerprint density at radius 1 is 1.10 bits per heavy atom. The van der Waals surface area contributed by atoms with E-state index >= 15 is 0 Å². The van der Waals surface area contributed by atoms with Crippen LogP contribution in [0.25, 0.3) is 0 Å². The van der Waals surface area contributed by atoms with Crippen LogP contribution in [0.5, 0.6) is 0 Å². The molecule has 1 aliphatic carbocycles. The first-order chi connectivity index (χ1) is 10.0. The molecule has 7 heteroatoms. The van der Waals surface area contributed by atoms with Gasteiger partial charge in [-0.3, -0.25) is 14.4 Å². The first kappa shape index (κ1) is 13.3. The molecule has 1 amide bonds. The number of nitrogens with zero attached hydrogens (tertiary/aromatic N) is 1. The number of amides is 1. The van der Waals surface area contributed by atoms with Gasteiger partial charge in [-0.15, -0.1) is 11.3 Å². The summed E-state index contributed by atoms with van der Waals surface area (Å²) in [7, 11) is 0. The molecule has 0 saturated carbocycles. The third kappa shape index (κ3) is 2.50. The average Bonchev–Trinajstić information content (AvgIpc) is 2.92. The van der Waals surface area contributed by atoms with Crippen molar-refractivity contribution >= 4 is 34.5 Å². The van der Waals surface area contributed by atoms with Crippen LogP contribution in [0.15, 0.2) is 36.4 Å². The Bertz CT molecular complexity index is 758. The second kappa shape index (κ2) is 5.02. The van der Waals surface area contributed by atoms with Crippen LogP contribution in [-0.4, -0.2) is 22.5 Å². The monoisotopic (exact) mass is 302 g/mol. The summed E-state index contributed by atoms with van der Waals surface area (Å²) >= 11 is 0.859. The lowest BCUT2D eigenvalue weighted by Gasteiger charge is -2.01. The molecule has 3 rings (SSSR count). The van der Waals surface area contributed by atoms with Crippen LogP contribution in [0, 0.1) is 5.82 Å². The van der Waals surface area contributed by atoms with Gasteiger partial charge in [-0.1, -0.05) is 0 Å². The van der Waals surface area contributed by atoms with E-state index < -0.39 is 17.5 Å². The Labute approximate surface area is 122 Å². The molecule has 0 atom stereocenters. The Balaban J connectivity index is 1.86.